The second-order valence-electron chi connectivity index (χ2n) is 3.54. The summed E-state index contributed by atoms with van der Waals surface area (Å²) in [6.07, 6.45) is 1.11. The Morgan fingerprint density at radius 1 is 1.40 bits per heavy atom. The van der Waals surface area contributed by atoms with E-state index in [4.69, 9.17) is 0 Å². The first kappa shape index (κ1) is 11.6. The number of aromatic amines is 1. The summed E-state index contributed by atoms with van der Waals surface area (Å²) in [4.78, 5) is 25.0. The van der Waals surface area contributed by atoms with Crippen LogP contribution in [0.25, 0.3) is 0 Å². The van der Waals surface area contributed by atoms with Gasteiger partial charge in [-0.25, -0.2) is 4.79 Å². The van der Waals surface area contributed by atoms with Gasteiger partial charge in [-0.1, -0.05) is 13.8 Å². The molecule has 1 atom stereocenters. The normalized spacial score (nSPS) is 12.7. The maximum Gasteiger partial charge on any atom is 0.331 e. The fraction of sp³-hybridized carbons (Fsp3) is 0.600. The predicted octanol–water partition coefficient (Wildman–Crippen LogP) is 0.776. The van der Waals surface area contributed by atoms with Gasteiger partial charge in [-0.2, -0.15) is 0 Å². The van der Waals surface area contributed by atoms with E-state index in [1.54, 1.807) is 6.92 Å². The highest BCUT2D eigenvalue weighted by Gasteiger charge is 2.15. The summed E-state index contributed by atoms with van der Waals surface area (Å²) in [5, 5.41) is 9.79. The molecule has 0 fully saturated rings. The molecule has 84 valence electrons. The Hall–Kier alpha value is -1.52. The standard InChI is InChI=1S/C10H16N2O3/c1-4-6(3)12-9(14)7(5-2)8(13)11-10(12)15/h6,14H,4-5H2,1-3H3,(H,11,13,15). The lowest BCUT2D eigenvalue weighted by Crippen LogP contribution is -2.33. The van der Waals surface area contributed by atoms with Gasteiger partial charge >= 0.3 is 5.69 Å². The minimum Gasteiger partial charge on any atom is -0.494 e. The van der Waals surface area contributed by atoms with Crippen molar-refractivity contribution in [2.75, 3.05) is 0 Å². The Labute approximate surface area is 87.4 Å². The van der Waals surface area contributed by atoms with E-state index in [2.05, 4.69) is 4.98 Å². The van der Waals surface area contributed by atoms with E-state index in [9.17, 15) is 14.7 Å². The number of hydrogen-bond donors (Lipinski definition) is 2. The molecule has 1 rings (SSSR count). The molecule has 0 saturated carbocycles. The first-order valence-corrected chi connectivity index (χ1v) is 5.09. The summed E-state index contributed by atoms with van der Waals surface area (Å²) >= 11 is 0. The number of rotatable bonds is 3. The lowest BCUT2D eigenvalue weighted by atomic mass is 10.2. The summed E-state index contributed by atoms with van der Waals surface area (Å²) in [5.41, 5.74) is -0.793. The zero-order valence-corrected chi connectivity index (χ0v) is 9.20. The van der Waals surface area contributed by atoms with Crippen molar-refractivity contribution in [1.29, 1.82) is 0 Å². The molecule has 15 heavy (non-hydrogen) atoms. The van der Waals surface area contributed by atoms with E-state index in [1.165, 1.54) is 4.57 Å². The third-order valence-corrected chi connectivity index (χ3v) is 2.60. The van der Waals surface area contributed by atoms with Crippen molar-refractivity contribution in [2.24, 2.45) is 0 Å². The minimum absolute atomic E-state index is 0.125. The summed E-state index contributed by atoms with van der Waals surface area (Å²) in [7, 11) is 0. The van der Waals surface area contributed by atoms with Crippen LogP contribution in [0.5, 0.6) is 5.88 Å². The predicted molar refractivity (Wildman–Crippen MR) is 57.4 cm³/mol. The lowest BCUT2D eigenvalue weighted by molar-refractivity contribution is 0.361. The van der Waals surface area contributed by atoms with Gasteiger partial charge in [0.25, 0.3) is 5.56 Å². The average Bonchev–Trinajstić information content (AvgIpc) is 2.17. The van der Waals surface area contributed by atoms with E-state index in [0.717, 1.165) is 0 Å². The summed E-state index contributed by atoms with van der Waals surface area (Å²) < 4.78 is 1.22. The zero-order valence-electron chi connectivity index (χ0n) is 9.20. The Kier molecular flexibility index (Phi) is 3.34. The third-order valence-electron chi connectivity index (χ3n) is 2.60. The molecule has 0 aliphatic rings. The molecule has 0 aliphatic carbocycles. The van der Waals surface area contributed by atoms with Crippen molar-refractivity contribution in [2.45, 2.75) is 39.7 Å². The highest BCUT2D eigenvalue weighted by atomic mass is 16.3. The first-order chi connectivity index (χ1) is 7.02. The molecule has 0 spiro atoms. The SMILES string of the molecule is CCc1c(O)n(C(C)CC)c(=O)[nH]c1=O. The Morgan fingerprint density at radius 3 is 2.47 bits per heavy atom. The topological polar surface area (TPSA) is 75.1 Å². The van der Waals surface area contributed by atoms with E-state index in [1.807, 2.05) is 13.8 Å². The van der Waals surface area contributed by atoms with Crippen LogP contribution in [0, 0.1) is 0 Å². The van der Waals surface area contributed by atoms with Gasteiger partial charge in [0.1, 0.15) is 0 Å². The monoisotopic (exact) mass is 212 g/mol. The van der Waals surface area contributed by atoms with Gasteiger partial charge in [-0.15, -0.1) is 0 Å². The zero-order chi connectivity index (χ0) is 11.6. The molecule has 1 unspecified atom stereocenters. The second kappa shape index (κ2) is 4.33. The van der Waals surface area contributed by atoms with Crippen LogP contribution < -0.4 is 11.2 Å². The van der Waals surface area contributed by atoms with Crippen LogP contribution in [0.15, 0.2) is 9.59 Å². The molecule has 1 aromatic rings. The molecule has 0 amide bonds. The number of aromatic hydroxyl groups is 1. The Bertz CT molecular complexity index is 459. The van der Waals surface area contributed by atoms with Crippen LogP contribution in [0.3, 0.4) is 0 Å². The van der Waals surface area contributed by atoms with Crippen molar-refractivity contribution in [3.8, 4) is 5.88 Å². The molecule has 0 radical (unpaired) electrons. The van der Waals surface area contributed by atoms with Gasteiger partial charge < -0.3 is 5.11 Å². The summed E-state index contributed by atoms with van der Waals surface area (Å²) in [6, 6.07) is -0.125. The smallest absolute Gasteiger partial charge is 0.331 e. The quantitative estimate of drug-likeness (QED) is 0.777. The van der Waals surface area contributed by atoms with Gasteiger partial charge in [0.2, 0.25) is 5.88 Å². The average molecular weight is 212 g/mol. The molecular formula is C10H16N2O3. The lowest BCUT2D eigenvalue weighted by Gasteiger charge is -2.15. The highest BCUT2D eigenvalue weighted by molar-refractivity contribution is 5.22. The minimum atomic E-state index is -0.552. The van der Waals surface area contributed by atoms with Crippen molar-refractivity contribution < 1.29 is 5.11 Å². The van der Waals surface area contributed by atoms with Crippen LogP contribution in [0.4, 0.5) is 0 Å². The second-order valence-corrected chi connectivity index (χ2v) is 3.54. The molecule has 0 bridgehead atoms. The third kappa shape index (κ3) is 1.95. The number of nitrogens with one attached hydrogen (secondary N) is 1. The molecule has 5 heteroatoms. The van der Waals surface area contributed by atoms with Gasteiger partial charge in [0.05, 0.1) is 5.56 Å². The van der Waals surface area contributed by atoms with E-state index >= 15 is 0 Å². The van der Waals surface area contributed by atoms with Crippen LogP contribution >= 0.6 is 0 Å². The van der Waals surface area contributed by atoms with Crippen LogP contribution in [-0.2, 0) is 6.42 Å². The van der Waals surface area contributed by atoms with Crippen molar-refractivity contribution in [1.82, 2.24) is 9.55 Å². The molecule has 1 heterocycles. The first-order valence-electron chi connectivity index (χ1n) is 5.09. The summed E-state index contributed by atoms with van der Waals surface area (Å²) in [6.45, 7) is 5.49. The molecule has 0 saturated heterocycles. The van der Waals surface area contributed by atoms with Crippen molar-refractivity contribution >= 4 is 0 Å². The largest absolute Gasteiger partial charge is 0.494 e. The number of H-pyrrole nitrogens is 1. The molecule has 0 aromatic carbocycles. The fourth-order valence-electron chi connectivity index (χ4n) is 1.49. The molecule has 2 N–H and O–H groups in total. The Morgan fingerprint density at radius 2 is 2.00 bits per heavy atom. The van der Waals surface area contributed by atoms with E-state index in [-0.39, 0.29) is 17.5 Å². The van der Waals surface area contributed by atoms with Crippen LogP contribution in [0.2, 0.25) is 0 Å². The van der Waals surface area contributed by atoms with Crippen LogP contribution in [0.1, 0.15) is 38.8 Å². The molecule has 0 aliphatic heterocycles. The Balaban J connectivity index is 3.53. The molecule has 1 aromatic heterocycles. The summed E-state index contributed by atoms with van der Waals surface area (Å²) in [5.74, 6) is -0.208. The maximum absolute atomic E-state index is 11.5. The van der Waals surface area contributed by atoms with E-state index < -0.39 is 11.2 Å². The van der Waals surface area contributed by atoms with Gasteiger partial charge in [0.15, 0.2) is 0 Å². The number of aromatic nitrogens is 2. The molecule has 5 nitrogen and oxygen atoms in total. The highest BCUT2D eigenvalue weighted by Crippen LogP contribution is 2.17. The van der Waals surface area contributed by atoms with E-state index in [0.29, 0.717) is 12.8 Å². The van der Waals surface area contributed by atoms with Gasteiger partial charge in [-0.3, -0.25) is 14.3 Å². The van der Waals surface area contributed by atoms with Crippen molar-refractivity contribution in [3.63, 3.8) is 0 Å². The van der Waals surface area contributed by atoms with Gasteiger partial charge in [-0.05, 0) is 19.8 Å². The fourth-order valence-corrected chi connectivity index (χ4v) is 1.49. The van der Waals surface area contributed by atoms with Crippen LogP contribution in [-0.4, -0.2) is 14.7 Å². The van der Waals surface area contributed by atoms with Gasteiger partial charge in [0, 0.05) is 6.04 Å². The number of hydrogen-bond acceptors (Lipinski definition) is 3. The van der Waals surface area contributed by atoms with Crippen molar-refractivity contribution in [3.05, 3.63) is 26.4 Å². The molecular weight excluding hydrogens is 196 g/mol. The maximum atomic E-state index is 11.5. The number of nitrogens with zero attached hydrogens (tertiary/aromatic N) is 1.